The van der Waals surface area contributed by atoms with Crippen molar-refractivity contribution in [2.75, 3.05) is 39.8 Å². The lowest BCUT2D eigenvalue weighted by molar-refractivity contribution is -0.132. The van der Waals surface area contributed by atoms with Gasteiger partial charge in [0, 0.05) is 37.5 Å². The van der Waals surface area contributed by atoms with Gasteiger partial charge >= 0.3 is 0 Å². The van der Waals surface area contributed by atoms with Crippen LogP contribution in [0, 0.1) is 0 Å². The van der Waals surface area contributed by atoms with Crippen LogP contribution < -0.4 is 4.74 Å². The summed E-state index contributed by atoms with van der Waals surface area (Å²) >= 11 is 1.73. The van der Waals surface area contributed by atoms with Gasteiger partial charge in [-0.3, -0.25) is 9.69 Å². The lowest BCUT2D eigenvalue weighted by atomic mass is 10.1. The Morgan fingerprint density at radius 1 is 1.12 bits per heavy atom. The van der Waals surface area contributed by atoms with E-state index >= 15 is 0 Å². The zero-order chi connectivity index (χ0) is 18.2. The smallest absolute Gasteiger partial charge is 0.223 e. The number of rotatable bonds is 8. The molecular formula is C21H28N2O2S. The molecule has 1 aromatic carbocycles. The molecule has 2 heterocycles. The third-order valence-corrected chi connectivity index (χ3v) is 5.90. The van der Waals surface area contributed by atoms with Crippen LogP contribution >= 0.6 is 11.3 Å². The van der Waals surface area contributed by atoms with E-state index < -0.39 is 0 Å². The van der Waals surface area contributed by atoms with E-state index in [-0.39, 0.29) is 0 Å². The number of piperazine rings is 1. The number of methoxy groups -OCH3 is 1. The molecule has 1 aliphatic heterocycles. The molecule has 140 valence electrons. The van der Waals surface area contributed by atoms with E-state index in [0.717, 1.165) is 57.7 Å². The molecule has 2 aromatic rings. The number of aryl methyl sites for hydroxylation is 2. The fraction of sp³-hybridized carbons (Fsp3) is 0.476. The summed E-state index contributed by atoms with van der Waals surface area (Å²) in [6.07, 6.45) is 3.71. The third kappa shape index (κ3) is 5.58. The number of ether oxygens (including phenoxy) is 1. The maximum Gasteiger partial charge on any atom is 0.223 e. The van der Waals surface area contributed by atoms with Crippen molar-refractivity contribution in [1.82, 2.24) is 9.80 Å². The number of carbonyl (C=O) groups excluding carboxylic acids is 1. The SMILES string of the molecule is COc1cccc(CCCN2CCN(C(=O)CCc3cccs3)CC2)c1. The lowest BCUT2D eigenvalue weighted by Crippen LogP contribution is -2.48. The number of hydrogen-bond acceptors (Lipinski definition) is 4. The van der Waals surface area contributed by atoms with Crippen molar-refractivity contribution < 1.29 is 9.53 Å². The van der Waals surface area contributed by atoms with Gasteiger partial charge in [0.25, 0.3) is 0 Å². The van der Waals surface area contributed by atoms with E-state index in [0.29, 0.717) is 12.3 Å². The second-order valence-electron chi connectivity index (χ2n) is 6.76. The fourth-order valence-corrected chi connectivity index (χ4v) is 4.11. The van der Waals surface area contributed by atoms with Crippen molar-refractivity contribution in [2.45, 2.75) is 25.7 Å². The van der Waals surface area contributed by atoms with Crippen molar-refractivity contribution in [3.63, 3.8) is 0 Å². The maximum absolute atomic E-state index is 12.4. The highest BCUT2D eigenvalue weighted by atomic mass is 32.1. The van der Waals surface area contributed by atoms with Crippen molar-refractivity contribution in [3.8, 4) is 5.75 Å². The van der Waals surface area contributed by atoms with Gasteiger partial charge in [-0.1, -0.05) is 18.2 Å². The van der Waals surface area contributed by atoms with Gasteiger partial charge in [0.05, 0.1) is 7.11 Å². The van der Waals surface area contributed by atoms with Crippen LogP contribution in [0.15, 0.2) is 41.8 Å². The number of amides is 1. The minimum absolute atomic E-state index is 0.300. The highest BCUT2D eigenvalue weighted by Crippen LogP contribution is 2.15. The normalized spacial score (nSPS) is 15.2. The Morgan fingerprint density at radius 2 is 1.96 bits per heavy atom. The Kier molecular flexibility index (Phi) is 7.09. The summed E-state index contributed by atoms with van der Waals surface area (Å²) in [6, 6.07) is 12.5. The molecule has 4 nitrogen and oxygen atoms in total. The summed E-state index contributed by atoms with van der Waals surface area (Å²) in [6.45, 7) is 4.80. The molecular weight excluding hydrogens is 344 g/mol. The highest BCUT2D eigenvalue weighted by molar-refractivity contribution is 7.09. The van der Waals surface area contributed by atoms with E-state index in [1.807, 2.05) is 11.0 Å². The zero-order valence-corrected chi connectivity index (χ0v) is 16.3. The molecule has 3 rings (SSSR count). The molecule has 1 fully saturated rings. The first-order valence-corrected chi connectivity index (χ1v) is 10.3. The number of nitrogens with zero attached hydrogens (tertiary/aromatic N) is 2. The first-order valence-electron chi connectivity index (χ1n) is 9.40. The Hall–Kier alpha value is -1.85. The van der Waals surface area contributed by atoms with Crippen molar-refractivity contribution >= 4 is 17.2 Å². The molecule has 0 saturated carbocycles. The minimum atomic E-state index is 0.300. The second-order valence-corrected chi connectivity index (χ2v) is 7.79. The predicted octanol–water partition coefficient (Wildman–Crippen LogP) is 3.47. The summed E-state index contributed by atoms with van der Waals surface area (Å²) in [5.41, 5.74) is 1.33. The fourth-order valence-electron chi connectivity index (χ4n) is 3.40. The van der Waals surface area contributed by atoms with Gasteiger partial charge in [-0.2, -0.15) is 0 Å². The van der Waals surface area contributed by atoms with Gasteiger partial charge in [-0.25, -0.2) is 0 Å². The van der Waals surface area contributed by atoms with Gasteiger partial charge in [0.15, 0.2) is 0 Å². The Balaban J connectivity index is 1.33. The molecule has 0 bridgehead atoms. The average molecular weight is 373 g/mol. The molecule has 1 amide bonds. The molecule has 1 aromatic heterocycles. The number of benzene rings is 1. The summed E-state index contributed by atoms with van der Waals surface area (Å²) in [4.78, 5) is 18.2. The van der Waals surface area contributed by atoms with E-state index in [4.69, 9.17) is 4.74 Å². The maximum atomic E-state index is 12.4. The molecule has 1 saturated heterocycles. The molecule has 0 radical (unpaired) electrons. The molecule has 1 aliphatic rings. The van der Waals surface area contributed by atoms with E-state index in [9.17, 15) is 4.79 Å². The Bertz CT molecular complexity index is 679. The predicted molar refractivity (Wildman–Crippen MR) is 107 cm³/mol. The van der Waals surface area contributed by atoms with Crippen molar-refractivity contribution in [3.05, 3.63) is 52.2 Å². The monoisotopic (exact) mass is 372 g/mol. The molecule has 0 spiro atoms. The molecule has 26 heavy (non-hydrogen) atoms. The van der Waals surface area contributed by atoms with Gasteiger partial charge in [-0.15, -0.1) is 11.3 Å². The highest BCUT2D eigenvalue weighted by Gasteiger charge is 2.20. The van der Waals surface area contributed by atoms with Gasteiger partial charge in [0.2, 0.25) is 5.91 Å². The molecule has 0 atom stereocenters. The largest absolute Gasteiger partial charge is 0.497 e. The second kappa shape index (κ2) is 9.74. The van der Waals surface area contributed by atoms with Crippen molar-refractivity contribution in [1.29, 1.82) is 0 Å². The first kappa shape index (κ1) is 18.9. The Labute approximate surface area is 160 Å². The topological polar surface area (TPSA) is 32.8 Å². The van der Waals surface area contributed by atoms with Crippen LogP contribution in [0.3, 0.4) is 0 Å². The molecule has 0 N–H and O–H groups in total. The van der Waals surface area contributed by atoms with E-state index in [2.05, 4.69) is 40.6 Å². The van der Waals surface area contributed by atoms with Gasteiger partial charge in [-0.05, 0) is 54.9 Å². The van der Waals surface area contributed by atoms with Crippen LogP contribution in [0.1, 0.15) is 23.3 Å². The Morgan fingerprint density at radius 3 is 2.69 bits per heavy atom. The summed E-state index contributed by atoms with van der Waals surface area (Å²) in [5.74, 6) is 1.23. The van der Waals surface area contributed by atoms with Gasteiger partial charge < -0.3 is 9.64 Å². The van der Waals surface area contributed by atoms with Crippen LogP contribution in [-0.2, 0) is 17.6 Å². The number of thiophene rings is 1. The summed E-state index contributed by atoms with van der Waals surface area (Å²) in [5, 5.41) is 2.07. The number of hydrogen-bond donors (Lipinski definition) is 0. The summed E-state index contributed by atoms with van der Waals surface area (Å²) in [7, 11) is 1.71. The molecule has 0 aliphatic carbocycles. The summed E-state index contributed by atoms with van der Waals surface area (Å²) < 4.78 is 5.28. The number of carbonyl (C=O) groups is 1. The van der Waals surface area contributed by atoms with Crippen LogP contribution in [0.2, 0.25) is 0 Å². The van der Waals surface area contributed by atoms with E-state index in [1.165, 1.54) is 10.4 Å². The van der Waals surface area contributed by atoms with Crippen LogP contribution in [0.5, 0.6) is 5.75 Å². The van der Waals surface area contributed by atoms with Crippen LogP contribution in [-0.4, -0.2) is 55.5 Å². The minimum Gasteiger partial charge on any atom is -0.497 e. The first-order chi connectivity index (χ1) is 12.7. The molecule has 5 heteroatoms. The quantitative estimate of drug-likeness (QED) is 0.711. The lowest BCUT2D eigenvalue weighted by Gasteiger charge is -2.34. The molecule has 0 unspecified atom stereocenters. The average Bonchev–Trinajstić information content (AvgIpc) is 3.20. The van der Waals surface area contributed by atoms with Gasteiger partial charge in [0.1, 0.15) is 5.75 Å². The van der Waals surface area contributed by atoms with E-state index in [1.54, 1.807) is 18.4 Å². The standard InChI is InChI=1S/C21H28N2O2S/c1-25-19-7-2-5-18(17-19)6-3-11-22-12-14-23(15-13-22)21(24)10-9-20-8-4-16-26-20/h2,4-5,7-8,16-17H,3,6,9-15H2,1H3. The third-order valence-electron chi connectivity index (χ3n) is 4.96. The van der Waals surface area contributed by atoms with Crippen LogP contribution in [0.4, 0.5) is 0 Å². The van der Waals surface area contributed by atoms with Crippen LogP contribution in [0.25, 0.3) is 0 Å². The zero-order valence-electron chi connectivity index (χ0n) is 15.5. The van der Waals surface area contributed by atoms with Crippen molar-refractivity contribution in [2.24, 2.45) is 0 Å².